The number of hydrogen-bond acceptors (Lipinski definition) is 3. The van der Waals surface area contributed by atoms with Crippen LogP contribution in [-0.4, -0.2) is 32.3 Å². The molecule has 1 N–H and O–H groups in total. The van der Waals surface area contributed by atoms with Crippen molar-refractivity contribution < 1.29 is 9.13 Å². The number of ether oxygens (including phenoxy) is 1. The summed E-state index contributed by atoms with van der Waals surface area (Å²) in [5.41, 5.74) is 1.76. The van der Waals surface area contributed by atoms with Gasteiger partial charge in [-0.15, -0.1) is 0 Å². The van der Waals surface area contributed by atoms with E-state index in [1.165, 1.54) is 12.8 Å². The third-order valence-corrected chi connectivity index (χ3v) is 4.59. The van der Waals surface area contributed by atoms with E-state index in [1.807, 2.05) is 12.1 Å². The normalized spacial score (nSPS) is 23.7. The Balaban J connectivity index is 1.60. The van der Waals surface area contributed by atoms with E-state index in [9.17, 15) is 4.39 Å². The van der Waals surface area contributed by atoms with Gasteiger partial charge in [-0.25, -0.2) is 4.39 Å². The SMILES string of the molecule is C[C@@H](NC[C@@H]1CCCO1)c1ccc(N2CCCC2)c(F)c1. The molecular weight excluding hydrogens is 267 g/mol. The summed E-state index contributed by atoms with van der Waals surface area (Å²) in [7, 11) is 0. The van der Waals surface area contributed by atoms with Gasteiger partial charge < -0.3 is 15.0 Å². The molecule has 4 heteroatoms. The van der Waals surface area contributed by atoms with Crippen molar-refractivity contribution in [3.8, 4) is 0 Å². The summed E-state index contributed by atoms with van der Waals surface area (Å²) in [5.74, 6) is -0.0971. The zero-order chi connectivity index (χ0) is 14.7. The van der Waals surface area contributed by atoms with Gasteiger partial charge in [-0.05, 0) is 50.3 Å². The first-order chi connectivity index (χ1) is 10.2. The van der Waals surface area contributed by atoms with E-state index in [1.54, 1.807) is 6.07 Å². The van der Waals surface area contributed by atoms with Crippen LogP contribution in [0.15, 0.2) is 18.2 Å². The number of rotatable bonds is 5. The standard InChI is InChI=1S/C17H25FN2O/c1-13(19-12-15-5-4-10-21-15)14-6-7-17(16(18)11-14)20-8-2-3-9-20/h6-7,11,13,15,19H,2-5,8-10,12H2,1H3/t13-,15+/m1/s1. The van der Waals surface area contributed by atoms with E-state index < -0.39 is 0 Å². The lowest BCUT2D eigenvalue weighted by Gasteiger charge is -2.21. The van der Waals surface area contributed by atoms with Gasteiger partial charge in [0, 0.05) is 32.3 Å². The van der Waals surface area contributed by atoms with E-state index in [0.29, 0.717) is 6.10 Å². The Morgan fingerprint density at radius 3 is 2.81 bits per heavy atom. The molecule has 2 aliphatic heterocycles. The van der Waals surface area contributed by atoms with Crippen LogP contribution in [0.5, 0.6) is 0 Å². The van der Waals surface area contributed by atoms with Gasteiger partial charge >= 0.3 is 0 Å². The number of nitrogens with zero attached hydrogens (tertiary/aromatic N) is 1. The van der Waals surface area contributed by atoms with Gasteiger partial charge in [0.25, 0.3) is 0 Å². The third-order valence-electron chi connectivity index (χ3n) is 4.59. The molecule has 2 saturated heterocycles. The number of benzene rings is 1. The minimum Gasteiger partial charge on any atom is -0.377 e. The third kappa shape index (κ3) is 3.55. The van der Waals surface area contributed by atoms with E-state index in [0.717, 1.165) is 50.3 Å². The van der Waals surface area contributed by atoms with Crippen molar-refractivity contribution >= 4 is 5.69 Å². The van der Waals surface area contributed by atoms with E-state index in [-0.39, 0.29) is 11.9 Å². The van der Waals surface area contributed by atoms with E-state index >= 15 is 0 Å². The van der Waals surface area contributed by atoms with Crippen molar-refractivity contribution in [3.63, 3.8) is 0 Å². The Labute approximate surface area is 126 Å². The Morgan fingerprint density at radius 1 is 1.33 bits per heavy atom. The fourth-order valence-corrected chi connectivity index (χ4v) is 3.24. The molecule has 0 spiro atoms. The molecule has 2 fully saturated rings. The second-order valence-electron chi connectivity index (χ2n) is 6.17. The van der Waals surface area contributed by atoms with Crippen LogP contribution < -0.4 is 10.2 Å². The lowest BCUT2D eigenvalue weighted by molar-refractivity contribution is 0.108. The molecule has 21 heavy (non-hydrogen) atoms. The molecule has 2 atom stereocenters. The molecule has 0 radical (unpaired) electrons. The van der Waals surface area contributed by atoms with Crippen LogP contribution in [0.4, 0.5) is 10.1 Å². The Bertz CT molecular complexity index is 468. The Kier molecular flexibility index (Phi) is 4.76. The van der Waals surface area contributed by atoms with Crippen molar-refractivity contribution in [1.82, 2.24) is 5.32 Å². The fourth-order valence-electron chi connectivity index (χ4n) is 3.24. The summed E-state index contributed by atoms with van der Waals surface area (Å²) >= 11 is 0. The average Bonchev–Trinajstić information content (AvgIpc) is 3.17. The zero-order valence-corrected chi connectivity index (χ0v) is 12.8. The zero-order valence-electron chi connectivity index (χ0n) is 12.8. The molecule has 0 aromatic heterocycles. The monoisotopic (exact) mass is 292 g/mol. The first-order valence-electron chi connectivity index (χ1n) is 8.13. The molecule has 1 aromatic rings. The van der Waals surface area contributed by atoms with Crippen LogP contribution in [0.25, 0.3) is 0 Å². The summed E-state index contributed by atoms with van der Waals surface area (Å²) < 4.78 is 19.9. The number of anilines is 1. The van der Waals surface area contributed by atoms with Crippen LogP contribution in [0.3, 0.4) is 0 Å². The van der Waals surface area contributed by atoms with Crippen LogP contribution >= 0.6 is 0 Å². The molecule has 0 saturated carbocycles. The molecule has 116 valence electrons. The van der Waals surface area contributed by atoms with E-state index in [4.69, 9.17) is 4.74 Å². The molecule has 3 rings (SSSR count). The molecule has 0 unspecified atom stereocenters. The van der Waals surface area contributed by atoms with Crippen LogP contribution in [-0.2, 0) is 4.74 Å². The smallest absolute Gasteiger partial charge is 0.146 e. The van der Waals surface area contributed by atoms with Gasteiger partial charge in [-0.3, -0.25) is 0 Å². The minimum atomic E-state index is -0.0971. The molecule has 2 aliphatic rings. The highest BCUT2D eigenvalue weighted by Gasteiger charge is 2.19. The molecule has 3 nitrogen and oxygen atoms in total. The van der Waals surface area contributed by atoms with Crippen LogP contribution in [0, 0.1) is 5.82 Å². The number of hydrogen-bond donors (Lipinski definition) is 1. The molecule has 0 amide bonds. The van der Waals surface area contributed by atoms with Gasteiger partial charge in [0.2, 0.25) is 0 Å². The van der Waals surface area contributed by atoms with Crippen molar-refractivity contribution in [1.29, 1.82) is 0 Å². The molecule has 2 heterocycles. The maximum absolute atomic E-state index is 14.3. The molecule has 0 aliphatic carbocycles. The maximum Gasteiger partial charge on any atom is 0.146 e. The van der Waals surface area contributed by atoms with Crippen molar-refractivity contribution in [2.75, 3.05) is 31.1 Å². The quantitative estimate of drug-likeness (QED) is 0.901. The predicted molar refractivity (Wildman–Crippen MR) is 83.2 cm³/mol. The lowest BCUT2D eigenvalue weighted by Crippen LogP contribution is -2.28. The van der Waals surface area contributed by atoms with Gasteiger partial charge in [-0.1, -0.05) is 6.07 Å². The van der Waals surface area contributed by atoms with Gasteiger partial charge in [0.1, 0.15) is 5.82 Å². The van der Waals surface area contributed by atoms with Crippen LogP contribution in [0.1, 0.15) is 44.2 Å². The molecule has 0 bridgehead atoms. The van der Waals surface area contributed by atoms with E-state index in [2.05, 4.69) is 17.1 Å². The summed E-state index contributed by atoms with van der Waals surface area (Å²) in [4.78, 5) is 2.14. The number of nitrogens with one attached hydrogen (secondary N) is 1. The van der Waals surface area contributed by atoms with Crippen molar-refractivity contribution in [2.24, 2.45) is 0 Å². The highest BCUT2D eigenvalue weighted by Crippen LogP contribution is 2.26. The maximum atomic E-state index is 14.3. The first kappa shape index (κ1) is 14.8. The largest absolute Gasteiger partial charge is 0.377 e. The van der Waals surface area contributed by atoms with Crippen LogP contribution in [0.2, 0.25) is 0 Å². The topological polar surface area (TPSA) is 24.5 Å². The van der Waals surface area contributed by atoms with Gasteiger partial charge in [-0.2, -0.15) is 0 Å². The second-order valence-corrected chi connectivity index (χ2v) is 6.17. The highest BCUT2D eigenvalue weighted by atomic mass is 19.1. The van der Waals surface area contributed by atoms with Crippen molar-refractivity contribution in [2.45, 2.75) is 44.8 Å². The first-order valence-corrected chi connectivity index (χ1v) is 8.13. The highest BCUT2D eigenvalue weighted by molar-refractivity contribution is 5.50. The Hall–Kier alpha value is -1.13. The summed E-state index contributed by atoms with van der Waals surface area (Å²) in [6, 6.07) is 5.81. The Morgan fingerprint density at radius 2 is 2.14 bits per heavy atom. The second kappa shape index (κ2) is 6.75. The summed E-state index contributed by atoms with van der Waals surface area (Å²) in [6.07, 6.45) is 4.93. The number of halogens is 1. The fraction of sp³-hybridized carbons (Fsp3) is 0.647. The molecule has 1 aromatic carbocycles. The summed E-state index contributed by atoms with van der Waals surface area (Å²) in [6.45, 7) is 5.75. The average molecular weight is 292 g/mol. The minimum absolute atomic E-state index is 0.0971. The predicted octanol–water partition coefficient (Wildman–Crippen LogP) is 3.26. The lowest BCUT2D eigenvalue weighted by atomic mass is 10.1. The van der Waals surface area contributed by atoms with Gasteiger partial charge in [0.05, 0.1) is 11.8 Å². The molecular formula is C17H25FN2O. The van der Waals surface area contributed by atoms with Crippen molar-refractivity contribution in [3.05, 3.63) is 29.6 Å². The summed E-state index contributed by atoms with van der Waals surface area (Å²) in [5, 5.41) is 3.45. The van der Waals surface area contributed by atoms with Gasteiger partial charge in [0.15, 0.2) is 0 Å².